The molecule has 1 saturated carbocycles. The molecule has 0 aromatic heterocycles. The summed E-state index contributed by atoms with van der Waals surface area (Å²) in [5.41, 5.74) is 1.52. The molecule has 0 radical (unpaired) electrons. The van der Waals surface area contributed by atoms with Crippen LogP contribution in [-0.2, 0) is 0 Å². The average Bonchev–Trinajstić information content (AvgIpc) is 2.33. The van der Waals surface area contributed by atoms with Gasteiger partial charge in [0.25, 0.3) is 0 Å². The maximum atomic E-state index is 2.43. The Morgan fingerprint density at radius 2 is 1.69 bits per heavy atom. The summed E-state index contributed by atoms with van der Waals surface area (Å²) >= 11 is 0. The Morgan fingerprint density at radius 3 is 2.31 bits per heavy atom. The molecule has 1 aromatic rings. The van der Waals surface area contributed by atoms with Gasteiger partial charge in [-0.15, -0.1) is 0 Å². The van der Waals surface area contributed by atoms with Gasteiger partial charge in [0, 0.05) is 0 Å². The second-order valence-electron chi connectivity index (χ2n) is 5.73. The van der Waals surface area contributed by atoms with Gasteiger partial charge in [-0.1, -0.05) is 57.5 Å². The first-order chi connectivity index (χ1) is 7.68. The molecule has 0 spiro atoms. The van der Waals surface area contributed by atoms with E-state index in [0.29, 0.717) is 0 Å². The molecule has 1 aliphatic rings. The van der Waals surface area contributed by atoms with E-state index in [1.165, 1.54) is 24.8 Å². The number of rotatable bonds is 2. The van der Waals surface area contributed by atoms with Crippen LogP contribution >= 0.6 is 0 Å². The van der Waals surface area contributed by atoms with Crippen LogP contribution in [0.2, 0.25) is 0 Å². The van der Waals surface area contributed by atoms with Crippen molar-refractivity contribution < 1.29 is 0 Å². The lowest BCUT2D eigenvalue weighted by Crippen LogP contribution is -2.24. The van der Waals surface area contributed by atoms with Crippen molar-refractivity contribution in [2.24, 2.45) is 17.8 Å². The minimum atomic E-state index is 0.733. The third-order valence-corrected chi connectivity index (χ3v) is 4.67. The van der Waals surface area contributed by atoms with Gasteiger partial charge < -0.3 is 0 Å². The molecule has 1 aromatic carbocycles. The molecule has 0 saturated heterocycles. The highest BCUT2D eigenvalue weighted by Gasteiger charge is 2.28. The van der Waals surface area contributed by atoms with Crippen LogP contribution in [0, 0.1) is 17.8 Å². The predicted octanol–water partition coefficient (Wildman–Crippen LogP) is 4.86. The molecule has 4 unspecified atom stereocenters. The molecular formula is C16H24. The molecule has 0 amide bonds. The standard InChI is InChI=1S/C16H24/c1-12-9-10-16(11-13(12)2)14(3)15-7-5-4-6-8-15/h4-8,12-14,16H,9-11H2,1-3H3. The van der Waals surface area contributed by atoms with E-state index in [0.717, 1.165) is 23.7 Å². The van der Waals surface area contributed by atoms with Crippen molar-refractivity contribution in [2.45, 2.75) is 46.0 Å². The van der Waals surface area contributed by atoms with Crippen molar-refractivity contribution in [1.82, 2.24) is 0 Å². The fraction of sp³-hybridized carbons (Fsp3) is 0.625. The smallest absolute Gasteiger partial charge is 0.0162 e. The van der Waals surface area contributed by atoms with Crippen LogP contribution < -0.4 is 0 Å². The number of hydrogen-bond acceptors (Lipinski definition) is 0. The van der Waals surface area contributed by atoms with Crippen molar-refractivity contribution in [3.05, 3.63) is 35.9 Å². The van der Waals surface area contributed by atoms with Crippen LogP contribution in [-0.4, -0.2) is 0 Å². The average molecular weight is 216 g/mol. The monoisotopic (exact) mass is 216 g/mol. The van der Waals surface area contributed by atoms with Crippen molar-refractivity contribution in [3.63, 3.8) is 0 Å². The Hall–Kier alpha value is -0.780. The van der Waals surface area contributed by atoms with Gasteiger partial charge in [-0.25, -0.2) is 0 Å². The van der Waals surface area contributed by atoms with Gasteiger partial charge in [0.2, 0.25) is 0 Å². The van der Waals surface area contributed by atoms with Crippen LogP contribution in [0.3, 0.4) is 0 Å². The van der Waals surface area contributed by atoms with E-state index in [-0.39, 0.29) is 0 Å². The lowest BCUT2D eigenvalue weighted by Gasteiger charge is -2.35. The first-order valence-corrected chi connectivity index (χ1v) is 6.73. The highest BCUT2D eigenvalue weighted by Crippen LogP contribution is 2.40. The Morgan fingerprint density at radius 1 is 1.00 bits per heavy atom. The van der Waals surface area contributed by atoms with E-state index >= 15 is 0 Å². The van der Waals surface area contributed by atoms with Gasteiger partial charge in [-0.3, -0.25) is 0 Å². The van der Waals surface area contributed by atoms with E-state index in [1.807, 2.05) is 0 Å². The first kappa shape index (κ1) is 11.7. The molecule has 0 nitrogen and oxygen atoms in total. The van der Waals surface area contributed by atoms with Crippen LogP contribution in [0.15, 0.2) is 30.3 Å². The van der Waals surface area contributed by atoms with Crippen LogP contribution in [0.5, 0.6) is 0 Å². The summed E-state index contributed by atoms with van der Waals surface area (Å²) in [5, 5.41) is 0. The molecule has 16 heavy (non-hydrogen) atoms. The van der Waals surface area contributed by atoms with Gasteiger partial charge in [0.1, 0.15) is 0 Å². The highest BCUT2D eigenvalue weighted by molar-refractivity contribution is 5.19. The minimum absolute atomic E-state index is 0.733. The molecule has 1 aliphatic carbocycles. The summed E-state index contributed by atoms with van der Waals surface area (Å²) in [6.45, 7) is 7.24. The number of benzene rings is 1. The van der Waals surface area contributed by atoms with Gasteiger partial charge >= 0.3 is 0 Å². The maximum absolute atomic E-state index is 2.43. The first-order valence-electron chi connectivity index (χ1n) is 6.73. The summed E-state index contributed by atoms with van der Waals surface area (Å²) in [5.74, 6) is 3.47. The molecule has 88 valence electrons. The van der Waals surface area contributed by atoms with Gasteiger partial charge in [-0.2, -0.15) is 0 Å². The third-order valence-electron chi connectivity index (χ3n) is 4.67. The van der Waals surface area contributed by atoms with E-state index < -0.39 is 0 Å². The fourth-order valence-electron chi connectivity index (χ4n) is 3.07. The molecule has 0 N–H and O–H groups in total. The second kappa shape index (κ2) is 5.03. The Kier molecular flexibility index (Phi) is 3.68. The zero-order valence-corrected chi connectivity index (χ0v) is 10.8. The molecule has 2 rings (SSSR count). The van der Waals surface area contributed by atoms with Gasteiger partial charge in [0.15, 0.2) is 0 Å². The van der Waals surface area contributed by atoms with E-state index in [1.54, 1.807) is 0 Å². The van der Waals surface area contributed by atoms with Crippen molar-refractivity contribution in [3.8, 4) is 0 Å². The van der Waals surface area contributed by atoms with E-state index in [4.69, 9.17) is 0 Å². The number of hydrogen-bond donors (Lipinski definition) is 0. The topological polar surface area (TPSA) is 0 Å². The molecule has 0 heteroatoms. The second-order valence-corrected chi connectivity index (χ2v) is 5.73. The molecular weight excluding hydrogens is 192 g/mol. The Labute approximate surface area is 100 Å². The largest absolute Gasteiger partial charge is 0.0623 e. The summed E-state index contributed by atoms with van der Waals surface area (Å²) in [6, 6.07) is 11.0. The molecule has 0 aliphatic heterocycles. The van der Waals surface area contributed by atoms with Gasteiger partial charge in [-0.05, 0) is 42.1 Å². The predicted molar refractivity (Wildman–Crippen MR) is 70.5 cm³/mol. The summed E-state index contributed by atoms with van der Waals surface area (Å²) in [7, 11) is 0. The fourth-order valence-corrected chi connectivity index (χ4v) is 3.07. The maximum Gasteiger partial charge on any atom is -0.0162 e. The lowest BCUT2D eigenvalue weighted by molar-refractivity contribution is 0.189. The third kappa shape index (κ3) is 2.48. The quantitative estimate of drug-likeness (QED) is 0.662. The summed E-state index contributed by atoms with van der Waals surface area (Å²) in [4.78, 5) is 0. The van der Waals surface area contributed by atoms with Crippen LogP contribution in [0.4, 0.5) is 0 Å². The zero-order valence-electron chi connectivity index (χ0n) is 10.8. The molecule has 1 fully saturated rings. The van der Waals surface area contributed by atoms with Crippen molar-refractivity contribution in [2.75, 3.05) is 0 Å². The van der Waals surface area contributed by atoms with Crippen molar-refractivity contribution in [1.29, 1.82) is 0 Å². The summed E-state index contributed by atoms with van der Waals surface area (Å²) in [6.07, 6.45) is 4.25. The van der Waals surface area contributed by atoms with E-state index in [9.17, 15) is 0 Å². The SMILES string of the molecule is CC1CCC(C(C)c2ccccc2)CC1C. The summed E-state index contributed by atoms with van der Waals surface area (Å²) < 4.78 is 0. The molecule has 0 bridgehead atoms. The lowest BCUT2D eigenvalue weighted by atomic mass is 9.70. The van der Waals surface area contributed by atoms with Crippen LogP contribution in [0.25, 0.3) is 0 Å². The van der Waals surface area contributed by atoms with Gasteiger partial charge in [0.05, 0.1) is 0 Å². The van der Waals surface area contributed by atoms with E-state index in [2.05, 4.69) is 51.1 Å². The Balaban J connectivity index is 2.03. The minimum Gasteiger partial charge on any atom is -0.0623 e. The molecule has 0 heterocycles. The molecule has 4 atom stereocenters. The zero-order chi connectivity index (χ0) is 11.5. The van der Waals surface area contributed by atoms with Crippen molar-refractivity contribution >= 4 is 0 Å². The van der Waals surface area contributed by atoms with Crippen LogP contribution in [0.1, 0.15) is 51.5 Å². The normalized spacial score (nSPS) is 32.3. The highest BCUT2D eigenvalue weighted by atomic mass is 14.3. The Bertz CT molecular complexity index is 314.